The van der Waals surface area contributed by atoms with Gasteiger partial charge in [-0.05, 0) is 43.9 Å². The molecule has 0 saturated heterocycles. The molecule has 0 amide bonds. The van der Waals surface area contributed by atoms with Gasteiger partial charge in [0.15, 0.2) is 0 Å². The molecule has 2 rings (SSSR count). The van der Waals surface area contributed by atoms with Gasteiger partial charge >= 0.3 is 0 Å². The van der Waals surface area contributed by atoms with Crippen LogP contribution in [0, 0.1) is 0 Å². The fourth-order valence-corrected chi connectivity index (χ4v) is 2.42. The largest absolute Gasteiger partial charge is 0.493 e. The molecule has 20 heavy (non-hydrogen) atoms. The third kappa shape index (κ3) is 4.95. The van der Waals surface area contributed by atoms with Gasteiger partial charge in [-0.2, -0.15) is 0 Å². The van der Waals surface area contributed by atoms with Crippen molar-refractivity contribution in [1.82, 2.24) is 5.32 Å². The van der Waals surface area contributed by atoms with Gasteiger partial charge in [0.1, 0.15) is 5.75 Å². The summed E-state index contributed by atoms with van der Waals surface area (Å²) in [6.07, 6.45) is 7.03. The topological polar surface area (TPSA) is 21.3 Å². The van der Waals surface area contributed by atoms with Crippen molar-refractivity contribution in [3.05, 3.63) is 33.8 Å². The summed E-state index contributed by atoms with van der Waals surface area (Å²) in [5.74, 6) is 0.979. The lowest BCUT2D eigenvalue weighted by Gasteiger charge is -2.11. The third-order valence-corrected chi connectivity index (χ3v) is 3.94. The lowest BCUT2D eigenvalue weighted by atomic mass is 10.1. The van der Waals surface area contributed by atoms with E-state index in [4.69, 9.17) is 4.74 Å². The molecule has 0 bridgehead atoms. The molecule has 0 unspecified atom stereocenters. The monoisotopic (exact) mass is 337 g/mol. The summed E-state index contributed by atoms with van der Waals surface area (Å²) >= 11 is 3.55. The van der Waals surface area contributed by atoms with Crippen LogP contribution < -0.4 is 10.1 Å². The van der Waals surface area contributed by atoms with E-state index in [2.05, 4.69) is 47.2 Å². The Labute approximate surface area is 130 Å². The molecular weight excluding hydrogens is 314 g/mol. The molecule has 0 heterocycles. The first-order valence-corrected chi connectivity index (χ1v) is 8.37. The Bertz CT molecular complexity index is 466. The Morgan fingerprint density at radius 3 is 2.85 bits per heavy atom. The van der Waals surface area contributed by atoms with Gasteiger partial charge in [0.05, 0.1) is 6.61 Å². The summed E-state index contributed by atoms with van der Waals surface area (Å²) in [4.78, 5) is 0. The first kappa shape index (κ1) is 15.6. The standard InChI is InChI=1S/C17H24BrNO/c1-3-9-20-17-8-5-15(18)11-14(17)10-13(4-2)12-19-16-6-7-16/h5,8,10-11,16,19H,3-4,6-7,9,12H2,1-2H3. The van der Waals surface area contributed by atoms with Crippen LogP contribution in [-0.2, 0) is 0 Å². The lowest BCUT2D eigenvalue weighted by Crippen LogP contribution is -2.18. The quantitative estimate of drug-likeness (QED) is 0.736. The van der Waals surface area contributed by atoms with E-state index < -0.39 is 0 Å². The Kier molecular flexibility index (Phi) is 6.11. The zero-order chi connectivity index (χ0) is 14.4. The molecular formula is C17H24BrNO. The summed E-state index contributed by atoms with van der Waals surface area (Å²) < 4.78 is 6.93. The first-order chi connectivity index (χ1) is 9.72. The van der Waals surface area contributed by atoms with E-state index in [1.807, 2.05) is 12.1 Å². The normalized spacial score (nSPS) is 15.4. The van der Waals surface area contributed by atoms with Crippen molar-refractivity contribution in [3.8, 4) is 5.75 Å². The van der Waals surface area contributed by atoms with E-state index in [0.29, 0.717) is 0 Å². The van der Waals surface area contributed by atoms with E-state index in [1.165, 1.54) is 24.0 Å². The molecule has 3 heteroatoms. The average molecular weight is 338 g/mol. The lowest BCUT2D eigenvalue weighted by molar-refractivity contribution is 0.316. The van der Waals surface area contributed by atoms with Crippen LogP contribution in [0.2, 0.25) is 0 Å². The SMILES string of the molecule is CCCOc1ccc(Br)cc1C=C(CC)CNC1CC1. The second-order valence-electron chi connectivity index (χ2n) is 5.34. The second-order valence-corrected chi connectivity index (χ2v) is 6.26. The van der Waals surface area contributed by atoms with Gasteiger partial charge in [-0.25, -0.2) is 0 Å². The van der Waals surface area contributed by atoms with E-state index in [0.717, 1.165) is 42.3 Å². The van der Waals surface area contributed by atoms with Gasteiger partial charge in [-0.3, -0.25) is 0 Å². The van der Waals surface area contributed by atoms with Gasteiger partial charge in [-0.15, -0.1) is 0 Å². The highest BCUT2D eigenvalue weighted by molar-refractivity contribution is 9.10. The van der Waals surface area contributed by atoms with Crippen LogP contribution >= 0.6 is 15.9 Å². The minimum absolute atomic E-state index is 0.753. The van der Waals surface area contributed by atoms with Gasteiger partial charge in [-0.1, -0.05) is 41.4 Å². The smallest absolute Gasteiger partial charge is 0.126 e. The molecule has 1 saturated carbocycles. The number of nitrogens with one attached hydrogen (secondary N) is 1. The van der Waals surface area contributed by atoms with E-state index in [-0.39, 0.29) is 0 Å². The van der Waals surface area contributed by atoms with E-state index >= 15 is 0 Å². The average Bonchev–Trinajstić information content (AvgIpc) is 3.26. The van der Waals surface area contributed by atoms with Crippen LogP contribution in [0.15, 0.2) is 28.2 Å². The summed E-state index contributed by atoms with van der Waals surface area (Å²) in [7, 11) is 0. The maximum atomic E-state index is 5.84. The molecule has 0 atom stereocenters. The van der Waals surface area contributed by atoms with Gasteiger partial charge in [0.25, 0.3) is 0 Å². The predicted octanol–water partition coefficient (Wildman–Crippen LogP) is 4.78. The van der Waals surface area contributed by atoms with Crippen molar-refractivity contribution >= 4 is 22.0 Å². The molecule has 1 aromatic rings. The van der Waals surface area contributed by atoms with Crippen molar-refractivity contribution in [2.45, 2.75) is 45.6 Å². The van der Waals surface area contributed by atoms with E-state index in [1.54, 1.807) is 0 Å². The van der Waals surface area contributed by atoms with Crippen LogP contribution in [0.3, 0.4) is 0 Å². The maximum absolute atomic E-state index is 5.84. The molecule has 0 spiro atoms. The number of ether oxygens (including phenoxy) is 1. The first-order valence-electron chi connectivity index (χ1n) is 7.58. The Morgan fingerprint density at radius 2 is 2.20 bits per heavy atom. The van der Waals surface area contributed by atoms with Crippen LogP contribution in [-0.4, -0.2) is 19.2 Å². The van der Waals surface area contributed by atoms with Crippen LogP contribution in [0.1, 0.15) is 45.1 Å². The molecule has 1 aliphatic rings. The fraction of sp³-hybridized carbons (Fsp3) is 0.529. The van der Waals surface area contributed by atoms with Crippen LogP contribution in [0.5, 0.6) is 5.75 Å². The summed E-state index contributed by atoms with van der Waals surface area (Å²) in [6, 6.07) is 6.98. The third-order valence-electron chi connectivity index (χ3n) is 3.44. The van der Waals surface area contributed by atoms with Crippen molar-refractivity contribution in [2.24, 2.45) is 0 Å². The van der Waals surface area contributed by atoms with Crippen molar-refractivity contribution in [3.63, 3.8) is 0 Å². The maximum Gasteiger partial charge on any atom is 0.126 e. The number of hydrogen-bond donors (Lipinski definition) is 1. The number of benzene rings is 1. The van der Waals surface area contributed by atoms with Gasteiger partial charge in [0.2, 0.25) is 0 Å². The molecule has 110 valence electrons. The van der Waals surface area contributed by atoms with Crippen molar-refractivity contribution in [1.29, 1.82) is 0 Å². The van der Waals surface area contributed by atoms with Crippen LogP contribution in [0.25, 0.3) is 6.08 Å². The molecule has 0 aromatic heterocycles. The van der Waals surface area contributed by atoms with E-state index in [9.17, 15) is 0 Å². The molecule has 1 fully saturated rings. The number of halogens is 1. The fourth-order valence-electron chi connectivity index (χ4n) is 2.04. The molecule has 0 aliphatic heterocycles. The molecule has 1 aromatic carbocycles. The van der Waals surface area contributed by atoms with Gasteiger partial charge in [0, 0.05) is 22.6 Å². The summed E-state index contributed by atoms with van der Waals surface area (Å²) in [5, 5.41) is 3.58. The predicted molar refractivity (Wildman–Crippen MR) is 89.2 cm³/mol. The zero-order valence-electron chi connectivity index (χ0n) is 12.4. The highest BCUT2D eigenvalue weighted by atomic mass is 79.9. The molecule has 0 radical (unpaired) electrons. The number of hydrogen-bond acceptors (Lipinski definition) is 2. The molecule has 2 nitrogen and oxygen atoms in total. The molecule has 1 aliphatic carbocycles. The Morgan fingerprint density at radius 1 is 1.40 bits per heavy atom. The van der Waals surface area contributed by atoms with Crippen LogP contribution in [0.4, 0.5) is 0 Å². The number of rotatable bonds is 8. The molecule has 1 N–H and O–H groups in total. The highest BCUT2D eigenvalue weighted by Gasteiger charge is 2.20. The minimum atomic E-state index is 0.753. The summed E-state index contributed by atoms with van der Waals surface area (Å²) in [5.41, 5.74) is 2.60. The Hall–Kier alpha value is -0.800. The zero-order valence-corrected chi connectivity index (χ0v) is 14.0. The van der Waals surface area contributed by atoms with Crippen molar-refractivity contribution < 1.29 is 4.74 Å². The van der Waals surface area contributed by atoms with Crippen molar-refractivity contribution in [2.75, 3.05) is 13.2 Å². The second kappa shape index (κ2) is 7.84. The van der Waals surface area contributed by atoms with Gasteiger partial charge < -0.3 is 10.1 Å². The summed E-state index contributed by atoms with van der Waals surface area (Å²) in [6.45, 7) is 6.10. The highest BCUT2D eigenvalue weighted by Crippen LogP contribution is 2.26. The minimum Gasteiger partial charge on any atom is -0.493 e. The Balaban J connectivity index is 2.11.